The number of nitrogens with zero attached hydrogens (tertiary/aromatic N) is 3. The summed E-state index contributed by atoms with van der Waals surface area (Å²) in [5, 5.41) is 1.05. The molecule has 7 heteroatoms. The van der Waals surface area contributed by atoms with E-state index in [9.17, 15) is 9.18 Å². The zero-order valence-electron chi connectivity index (χ0n) is 15.9. The summed E-state index contributed by atoms with van der Waals surface area (Å²) in [5.41, 5.74) is 1.64. The number of piperazine rings is 1. The van der Waals surface area contributed by atoms with Gasteiger partial charge >= 0.3 is 0 Å². The largest absolute Gasteiger partial charge is 0.366 e. The fraction of sp³-hybridized carbons (Fsp3) is 0.333. The summed E-state index contributed by atoms with van der Waals surface area (Å²) in [6, 6.07) is 14.9. The Kier molecular flexibility index (Phi) is 5.54. The maximum atomic E-state index is 14.0. The van der Waals surface area contributed by atoms with Crippen molar-refractivity contribution >= 4 is 33.1 Å². The minimum Gasteiger partial charge on any atom is -0.366 e. The van der Waals surface area contributed by atoms with Crippen molar-refractivity contribution in [3.05, 3.63) is 59.4 Å². The number of rotatable bonds is 5. The average Bonchev–Trinajstić information content (AvgIpc) is 3.10. The highest BCUT2D eigenvalue weighted by Gasteiger charge is 2.25. The van der Waals surface area contributed by atoms with Gasteiger partial charge in [-0.15, -0.1) is 11.3 Å². The highest BCUT2D eigenvalue weighted by atomic mass is 32.1. The number of halogens is 1. The van der Waals surface area contributed by atoms with Crippen LogP contribution in [0.2, 0.25) is 0 Å². The van der Waals surface area contributed by atoms with Crippen LogP contribution in [0, 0.1) is 5.82 Å². The van der Waals surface area contributed by atoms with Crippen molar-refractivity contribution in [2.24, 2.45) is 0 Å². The van der Waals surface area contributed by atoms with Gasteiger partial charge in [-0.3, -0.25) is 4.79 Å². The fourth-order valence-electron chi connectivity index (χ4n) is 3.59. The predicted molar refractivity (Wildman–Crippen MR) is 110 cm³/mol. The molecule has 2 aromatic carbocycles. The molecule has 1 atom stereocenters. The number of aromatic nitrogens is 1. The van der Waals surface area contributed by atoms with Crippen LogP contribution >= 0.6 is 11.3 Å². The van der Waals surface area contributed by atoms with E-state index in [2.05, 4.69) is 11.1 Å². The van der Waals surface area contributed by atoms with Crippen LogP contribution in [0.25, 0.3) is 10.2 Å². The number of hydrogen-bond acceptors (Lipinski definition) is 4. The van der Waals surface area contributed by atoms with Gasteiger partial charge in [-0.1, -0.05) is 24.3 Å². The summed E-state index contributed by atoms with van der Waals surface area (Å²) in [6.07, 6.45) is 0. The normalized spacial score (nSPS) is 15.8. The lowest BCUT2D eigenvalue weighted by Gasteiger charge is -2.36. The summed E-state index contributed by atoms with van der Waals surface area (Å²) in [6.45, 7) is 3.74. The molecular weight excluding hydrogens is 375 g/mol. The number of hydrogen-bond donors (Lipinski definition) is 1. The van der Waals surface area contributed by atoms with E-state index < -0.39 is 0 Å². The molecule has 1 saturated heterocycles. The molecular formula is C21H24FN4OS+. The van der Waals surface area contributed by atoms with E-state index in [-0.39, 0.29) is 11.7 Å². The summed E-state index contributed by atoms with van der Waals surface area (Å²) in [4.78, 5) is 22.4. The van der Waals surface area contributed by atoms with Gasteiger partial charge in [0, 0.05) is 26.2 Å². The van der Waals surface area contributed by atoms with Gasteiger partial charge in [-0.2, -0.15) is 0 Å². The summed E-state index contributed by atoms with van der Waals surface area (Å²) in [5.74, 6) is -0.0610. The van der Waals surface area contributed by atoms with Gasteiger partial charge in [0.05, 0.1) is 23.0 Å². The molecule has 0 aliphatic carbocycles. The lowest BCUT2D eigenvalue weighted by molar-refractivity contribution is -0.885. The molecule has 0 bridgehead atoms. The van der Waals surface area contributed by atoms with Crippen molar-refractivity contribution in [1.29, 1.82) is 0 Å². The van der Waals surface area contributed by atoms with Crippen LogP contribution in [0.3, 0.4) is 0 Å². The van der Waals surface area contributed by atoms with Crippen molar-refractivity contribution in [2.45, 2.75) is 6.54 Å². The number of carbonyl (C=O) groups excluding carboxylic acids is 1. The highest BCUT2D eigenvalue weighted by molar-refractivity contribution is 7.18. The molecule has 0 saturated carbocycles. The first-order chi connectivity index (χ1) is 13.6. The summed E-state index contributed by atoms with van der Waals surface area (Å²) < 4.78 is 15.1. The summed E-state index contributed by atoms with van der Waals surface area (Å²) in [7, 11) is 2.03. The first kappa shape index (κ1) is 18.8. The standard InChI is InChI=1S/C21H23FN4OS/c1-24(14-20-23-17-7-3-5-9-19(17)28-20)15-21(27)26-12-10-25(11-13-26)18-8-4-2-6-16(18)22/h2-9H,10-15H2,1H3/p+1. The van der Waals surface area contributed by atoms with E-state index in [1.165, 1.54) is 10.8 Å². The molecule has 1 unspecified atom stereocenters. The molecule has 146 valence electrons. The number of benzene rings is 2. The smallest absolute Gasteiger partial charge is 0.277 e. The first-order valence-corrected chi connectivity index (χ1v) is 10.3. The highest BCUT2D eigenvalue weighted by Crippen LogP contribution is 2.21. The molecule has 28 heavy (non-hydrogen) atoms. The van der Waals surface area contributed by atoms with Gasteiger partial charge in [0.25, 0.3) is 5.91 Å². The maximum absolute atomic E-state index is 14.0. The Hall–Kier alpha value is -2.51. The molecule has 4 rings (SSSR count). The van der Waals surface area contributed by atoms with Gasteiger partial charge < -0.3 is 14.7 Å². The van der Waals surface area contributed by atoms with Crippen LogP contribution in [-0.2, 0) is 11.3 Å². The molecule has 1 amide bonds. The Labute approximate surface area is 168 Å². The number of likely N-dealkylation sites (N-methyl/N-ethyl adjacent to an activating group) is 1. The number of anilines is 1. The van der Waals surface area contributed by atoms with E-state index in [1.54, 1.807) is 23.5 Å². The monoisotopic (exact) mass is 399 g/mol. The number of fused-ring (bicyclic) bond motifs is 1. The van der Waals surface area contributed by atoms with Crippen LogP contribution in [0.1, 0.15) is 5.01 Å². The van der Waals surface area contributed by atoms with E-state index in [0.717, 1.165) is 22.0 Å². The number of carbonyl (C=O) groups is 1. The molecule has 0 spiro atoms. The van der Waals surface area contributed by atoms with E-state index in [4.69, 9.17) is 0 Å². The predicted octanol–water partition coefficient (Wildman–Crippen LogP) is 1.80. The minimum absolute atomic E-state index is 0.145. The first-order valence-electron chi connectivity index (χ1n) is 9.53. The number of amides is 1. The van der Waals surface area contributed by atoms with Gasteiger partial charge in [-0.25, -0.2) is 9.37 Å². The number of para-hydroxylation sites is 2. The second-order valence-corrected chi connectivity index (χ2v) is 8.32. The molecule has 1 aliphatic rings. The van der Waals surface area contributed by atoms with Crippen molar-refractivity contribution in [3.8, 4) is 0 Å². The number of quaternary nitrogens is 1. The minimum atomic E-state index is -0.206. The van der Waals surface area contributed by atoms with Crippen LogP contribution < -0.4 is 9.80 Å². The van der Waals surface area contributed by atoms with Crippen LogP contribution in [0.4, 0.5) is 10.1 Å². The molecule has 1 fully saturated rings. The van der Waals surface area contributed by atoms with Gasteiger partial charge in [0.1, 0.15) is 17.4 Å². The van der Waals surface area contributed by atoms with Crippen LogP contribution in [0.5, 0.6) is 0 Å². The Bertz CT molecular complexity index is 935. The second-order valence-electron chi connectivity index (χ2n) is 7.21. The quantitative estimate of drug-likeness (QED) is 0.711. The third-order valence-corrected chi connectivity index (χ3v) is 6.11. The van der Waals surface area contributed by atoms with Crippen molar-refractivity contribution in [1.82, 2.24) is 9.88 Å². The Morgan fingerprint density at radius 2 is 1.82 bits per heavy atom. The lowest BCUT2D eigenvalue weighted by atomic mass is 10.2. The fourth-order valence-corrected chi connectivity index (χ4v) is 4.67. The second kappa shape index (κ2) is 8.24. The van der Waals surface area contributed by atoms with Crippen molar-refractivity contribution in [2.75, 3.05) is 44.7 Å². The van der Waals surface area contributed by atoms with Crippen LogP contribution in [0.15, 0.2) is 48.5 Å². The lowest BCUT2D eigenvalue weighted by Crippen LogP contribution is -3.09. The van der Waals surface area contributed by atoms with Crippen molar-refractivity contribution in [3.63, 3.8) is 0 Å². The molecule has 0 radical (unpaired) electrons. The molecule has 1 aromatic heterocycles. The zero-order valence-corrected chi connectivity index (χ0v) is 16.7. The van der Waals surface area contributed by atoms with Crippen molar-refractivity contribution < 1.29 is 14.1 Å². The molecule has 2 heterocycles. The third kappa shape index (κ3) is 4.15. The molecule has 3 aromatic rings. The van der Waals surface area contributed by atoms with E-state index >= 15 is 0 Å². The number of thiazole rings is 1. The SMILES string of the molecule is C[NH+](CC(=O)N1CCN(c2ccccc2F)CC1)Cc1nc2ccccc2s1. The average molecular weight is 400 g/mol. The van der Waals surface area contributed by atoms with Gasteiger partial charge in [0.2, 0.25) is 0 Å². The Balaban J connectivity index is 1.30. The third-order valence-electron chi connectivity index (χ3n) is 5.07. The Morgan fingerprint density at radius 1 is 1.11 bits per heavy atom. The molecule has 1 N–H and O–H groups in total. The van der Waals surface area contributed by atoms with E-state index in [0.29, 0.717) is 38.4 Å². The zero-order chi connectivity index (χ0) is 19.5. The van der Waals surface area contributed by atoms with E-state index in [1.807, 2.05) is 41.1 Å². The topological polar surface area (TPSA) is 40.9 Å². The maximum Gasteiger partial charge on any atom is 0.277 e. The van der Waals surface area contributed by atoms with Crippen LogP contribution in [-0.4, -0.2) is 55.6 Å². The number of nitrogens with one attached hydrogen (secondary N) is 1. The Morgan fingerprint density at radius 3 is 2.57 bits per heavy atom. The molecule has 1 aliphatic heterocycles. The van der Waals surface area contributed by atoms with Gasteiger partial charge in [-0.05, 0) is 24.3 Å². The van der Waals surface area contributed by atoms with Gasteiger partial charge in [0.15, 0.2) is 6.54 Å². The summed E-state index contributed by atoms with van der Waals surface area (Å²) >= 11 is 1.69. The molecule has 5 nitrogen and oxygen atoms in total.